The molecule has 2 aromatic rings. The van der Waals surface area contributed by atoms with Gasteiger partial charge in [-0.25, -0.2) is 0 Å². The molecule has 0 saturated carbocycles. The summed E-state index contributed by atoms with van der Waals surface area (Å²) >= 11 is 14.0. The van der Waals surface area contributed by atoms with Gasteiger partial charge < -0.3 is 5.32 Å². The number of thiophene rings is 1. The van der Waals surface area contributed by atoms with Crippen molar-refractivity contribution in [1.29, 1.82) is 0 Å². The summed E-state index contributed by atoms with van der Waals surface area (Å²) in [4.78, 5) is 0. The van der Waals surface area contributed by atoms with Crippen LogP contribution in [0, 0.1) is 6.92 Å². The van der Waals surface area contributed by atoms with Crippen molar-refractivity contribution >= 4 is 34.5 Å². The molecule has 17 heavy (non-hydrogen) atoms. The fraction of sp³-hybridized carbons (Fsp3) is 0.231. The number of rotatable bonds is 3. The lowest BCUT2D eigenvalue weighted by atomic mass is 9.98. The average molecular weight is 286 g/mol. The van der Waals surface area contributed by atoms with Crippen LogP contribution < -0.4 is 5.32 Å². The van der Waals surface area contributed by atoms with E-state index in [0.717, 1.165) is 10.6 Å². The molecular weight excluding hydrogens is 273 g/mol. The quantitative estimate of drug-likeness (QED) is 0.864. The largest absolute Gasteiger partial charge is 0.309 e. The van der Waals surface area contributed by atoms with Crippen molar-refractivity contribution in [1.82, 2.24) is 5.32 Å². The first-order valence-electron chi connectivity index (χ1n) is 5.28. The van der Waals surface area contributed by atoms with Crippen LogP contribution in [0.3, 0.4) is 0 Å². The van der Waals surface area contributed by atoms with Gasteiger partial charge in [-0.05, 0) is 59.6 Å². The lowest BCUT2D eigenvalue weighted by Crippen LogP contribution is -2.18. The number of hydrogen-bond acceptors (Lipinski definition) is 2. The lowest BCUT2D eigenvalue weighted by Gasteiger charge is -2.18. The van der Waals surface area contributed by atoms with E-state index in [9.17, 15) is 0 Å². The van der Waals surface area contributed by atoms with E-state index < -0.39 is 0 Å². The minimum atomic E-state index is 0.0902. The van der Waals surface area contributed by atoms with Crippen LogP contribution >= 0.6 is 34.5 Å². The molecule has 0 saturated heterocycles. The molecule has 0 fully saturated rings. The summed E-state index contributed by atoms with van der Waals surface area (Å²) in [7, 11) is 1.93. The van der Waals surface area contributed by atoms with Crippen LogP contribution in [0.2, 0.25) is 10.0 Å². The van der Waals surface area contributed by atoms with Crippen molar-refractivity contribution in [2.45, 2.75) is 13.0 Å². The molecule has 0 aliphatic heterocycles. The lowest BCUT2D eigenvalue weighted by molar-refractivity contribution is 0.690. The molecule has 4 heteroatoms. The average Bonchev–Trinajstić information content (AvgIpc) is 2.71. The molecule has 1 atom stereocenters. The molecule has 0 bridgehead atoms. The fourth-order valence-corrected chi connectivity index (χ4v) is 3.16. The predicted molar refractivity (Wildman–Crippen MR) is 76.4 cm³/mol. The molecule has 0 aliphatic rings. The van der Waals surface area contributed by atoms with Gasteiger partial charge in [0.2, 0.25) is 0 Å². The topological polar surface area (TPSA) is 12.0 Å². The van der Waals surface area contributed by atoms with Gasteiger partial charge in [-0.1, -0.05) is 23.2 Å². The third kappa shape index (κ3) is 2.66. The van der Waals surface area contributed by atoms with Gasteiger partial charge in [0.25, 0.3) is 0 Å². The first kappa shape index (κ1) is 12.9. The summed E-state index contributed by atoms with van der Waals surface area (Å²) in [5, 5.41) is 9.02. The summed E-state index contributed by atoms with van der Waals surface area (Å²) in [6.45, 7) is 2.11. The Kier molecular flexibility index (Phi) is 4.10. The number of nitrogens with one attached hydrogen (secondary N) is 1. The van der Waals surface area contributed by atoms with E-state index in [1.54, 1.807) is 17.4 Å². The summed E-state index contributed by atoms with van der Waals surface area (Å²) < 4.78 is 0. The van der Waals surface area contributed by atoms with Crippen molar-refractivity contribution in [2.24, 2.45) is 0 Å². The van der Waals surface area contributed by atoms with E-state index in [-0.39, 0.29) is 6.04 Å². The second kappa shape index (κ2) is 5.40. The van der Waals surface area contributed by atoms with E-state index in [1.165, 1.54) is 11.1 Å². The number of aryl methyl sites for hydroxylation is 1. The highest BCUT2D eigenvalue weighted by Crippen LogP contribution is 2.33. The Morgan fingerprint density at radius 1 is 1.18 bits per heavy atom. The maximum Gasteiger partial charge on any atom is 0.0600 e. The highest BCUT2D eigenvalue weighted by atomic mass is 35.5. The number of hydrogen-bond donors (Lipinski definition) is 1. The molecule has 1 nitrogen and oxygen atoms in total. The highest BCUT2D eigenvalue weighted by molar-refractivity contribution is 7.08. The van der Waals surface area contributed by atoms with Gasteiger partial charge in [0.15, 0.2) is 0 Å². The van der Waals surface area contributed by atoms with E-state index in [2.05, 4.69) is 23.0 Å². The third-order valence-electron chi connectivity index (χ3n) is 2.76. The first-order chi connectivity index (χ1) is 8.13. The molecule has 0 radical (unpaired) electrons. The minimum absolute atomic E-state index is 0.0902. The second-order valence-electron chi connectivity index (χ2n) is 3.90. The molecule has 1 aromatic carbocycles. The Morgan fingerprint density at radius 2 is 1.94 bits per heavy atom. The summed E-state index contributed by atoms with van der Waals surface area (Å²) in [6.07, 6.45) is 0. The maximum atomic E-state index is 6.24. The van der Waals surface area contributed by atoms with Crippen LogP contribution in [0.4, 0.5) is 0 Å². The smallest absolute Gasteiger partial charge is 0.0600 e. The molecule has 1 N–H and O–H groups in total. The van der Waals surface area contributed by atoms with Gasteiger partial charge in [-0.15, -0.1) is 0 Å². The Bertz CT molecular complexity index is 522. The highest BCUT2D eigenvalue weighted by Gasteiger charge is 2.17. The zero-order chi connectivity index (χ0) is 12.4. The van der Waals surface area contributed by atoms with Crippen LogP contribution in [-0.2, 0) is 0 Å². The fourth-order valence-electron chi connectivity index (χ4n) is 1.88. The molecular formula is C13H13Cl2NS. The first-order valence-corrected chi connectivity index (χ1v) is 6.98. The molecule has 90 valence electrons. The van der Waals surface area contributed by atoms with E-state index in [1.807, 2.05) is 19.2 Å². The molecule has 1 heterocycles. The molecule has 2 rings (SSSR count). The van der Waals surface area contributed by atoms with E-state index in [0.29, 0.717) is 5.02 Å². The maximum absolute atomic E-state index is 6.24. The van der Waals surface area contributed by atoms with Crippen molar-refractivity contribution in [3.63, 3.8) is 0 Å². The van der Waals surface area contributed by atoms with Crippen LogP contribution in [0.15, 0.2) is 29.0 Å². The zero-order valence-corrected chi connectivity index (χ0v) is 12.0. The van der Waals surface area contributed by atoms with Crippen molar-refractivity contribution in [3.05, 3.63) is 55.7 Å². The van der Waals surface area contributed by atoms with Gasteiger partial charge in [0.1, 0.15) is 0 Å². The van der Waals surface area contributed by atoms with Crippen molar-refractivity contribution < 1.29 is 0 Å². The van der Waals surface area contributed by atoms with Crippen LogP contribution in [0.5, 0.6) is 0 Å². The minimum Gasteiger partial charge on any atom is -0.309 e. The summed E-state index contributed by atoms with van der Waals surface area (Å²) in [6, 6.07) is 5.65. The Labute approximate surface area is 115 Å². The predicted octanol–water partition coefficient (Wildman–Crippen LogP) is 4.67. The van der Waals surface area contributed by atoms with E-state index in [4.69, 9.17) is 23.2 Å². The van der Waals surface area contributed by atoms with Crippen molar-refractivity contribution in [3.8, 4) is 0 Å². The zero-order valence-electron chi connectivity index (χ0n) is 9.63. The molecule has 1 unspecified atom stereocenters. The van der Waals surface area contributed by atoms with Gasteiger partial charge in [0.05, 0.1) is 6.04 Å². The molecule has 0 aliphatic carbocycles. The Morgan fingerprint density at radius 3 is 2.53 bits per heavy atom. The van der Waals surface area contributed by atoms with Crippen LogP contribution in [0.1, 0.15) is 22.7 Å². The normalized spacial score (nSPS) is 12.7. The third-order valence-corrected chi connectivity index (χ3v) is 4.22. The number of halogens is 2. The molecule has 0 amide bonds. The van der Waals surface area contributed by atoms with Crippen molar-refractivity contribution in [2.75, 3.05) is 7.05 Å². The number of benzene rings is 1. The SMILES string of the molecule is CNC(c1cscc1C)c1cc(Cl)ccc1Cl. The standard InChI is InChI=1S/C13H13Cl2NS/c1-8-6-17-7-11(8)13(16-2)10-5-9(14)3-4-12(10)15/h3-7,13,16H,1-2H3. The van der Waals surface area contributed by atoms with Gasteiger partial charge >= 0.3 is 0 Å². The van der Waals surface area contributed by atoms with Gasteiger partial charge in [-0.3, -0.25) is 0 Å². The Hall–Kier alpha value is -0.540. The van der Waals surface area contributed by atoms with Gasteiger partial charge in [0, 0.05) is 10.0 Å². The Balaban J connectivity index is 2.49. The molecule has 1 aromatic heterocycles. The van der Waals surface area contributed by atoms with Crippen LogP contribution in [-0.4, -0.2) is 7.05 Å². The summed E-state index contributed by atoms with van der Waals surface area (Å²) in [5.74, 6) is 0. The van der Waals surface area contributed by atoms with E-state index >= 15 is 0 Å². The second-order valence-corrected chi connectivity index (χ2v) is 5.48. The van der Waals surface area contributed by atoms with Gasteiger partial charge in [-0.2, -0.15) is 11.3 Å². The monoisotopic (exact) mass is 285 g/mol. The summed E-state index contributed by atoms with van der Waals surface area (Å²) in [5.41, 5.74) is 3.54. The molecule has 0 spiro atoms. The van der Waals surface area contributed by atoms with Crippen LogP contribution in [0.25, 0.3) is 0 Å².